The molecule has 8 nitrogen and oxygen atoms in total. The summed E-state index contributed by atoms with van der Waals surface area (Å²) in [5, 5.41) is 15.5. The van der Waals surface area contributed by atoms with Crippen LogP contribution in [-0.2, 0) is 22.6 Å². The van der Waals surface area contributed by atoms with Gasteiger partial charge in [0.1, 0.15) is 5.82 Å². The minimum Gasteiger partial charge on any atom is -0.481 e. The molecule has 1 aliphatic rings. The average molecular weight is 469 g/mol. The van der Waals surface area contributed by atoms with Gasteiger partial charge in [-0.15, -0.1) is 0 Å². The Morgan fingerprint density at radius 3 is 2.63 bits per heavy atom. The van der Waals surface area contributed by atoms with Crippen LogP contribution in [0.25, 0.3) is 11.0 Å². The Bertz CT molecular complexity index is 1430. The average Bonchev–Trinajstić information content (AvgIpc) is 3.22. The lowest BCUT2D eigenvalue weighted by Gasteiger charge is -2.23. The smallest absolute Gasteiger partial charge is 0.307 e. The van der Waals surface area contributed by atoms with Gasteiger partial charge in [-0.1, -0.05) is 49.4 Å². The van der Waals surface area contributed by atoms with Crippen LogP contribution in [0.2, 0.25) is 0 Å². The second-order valence-corrected chi connectivity index (χ2v) is 8.72. The van der Waals surface area contributed by atoms with Crippen LogP contribution >= 0.6 is 0 Å². The van der Waals surface area contributed by atoms with Gasteiger partial charge < -0.3 is 20.7 Å². The fourth-order valence-electron chi connectivity index (χ4n) is 4.63. The van der Waals surface area contributed by atoms with Crippen LogP contribution in [0.15, 0.2) is 66.7 Å². The molecule has 0 aliphatic carbocycles. The molecule has 0 spiro atoms. The molecular weight excluding hydrogens is 444 g/mol. The van der Waals surface area contributed by atoms with Crippen molar-refractivity contribution in [2.45, 2.75) is 25.8 Å². The van der Waals surface area contributed by atoms with Crippen molar-refractivity contribution in [3.8, 4) is 0 Å². The van der Waals surface area contributed by atoms with E-state index < -0.39 is 17.8 Å². The third kappa shape index (κ3) is 4.38. The van der Waals surface area contributed by atoms with Gasteiger partial charge in [0.05, 0.1) is 29.9 Å². The zero-order valence-electron chi connectivity index (χ0n) is 19.0. The Morgan fingerprint density at radius 1 is 1.06 bits per heavy atom. The second kappa shape index (κ2) is 9.06. The van der Waals surface area contributed by atoms with Crippen LogP contribution in [-0.4, -0.2) is 32.9 Å². The summed E-state index contributed by atoms with van der Waals surface area (Å²) in [4.78, 5) is 45.1. The Labute approximate surface area is 201 Å². The SMILES string of the molecule is CC(C(=O)O)C1c2ccc(CC(=O)NCc3nc4ccccc4[nH]3)cc2NC(=O)c2ccccc21. The van der Waals surface area contributed by atoms with E-state index in [0.29, 0.717) is 33.8 Å². The predicted molar refractivity (Wildman–Crippen MR) is 131 cm³/mol. The Hall–Kier alpha value is -4.46. The van der Waals surface area contributed by atoms with Crippen molar-refractivity contribution in [2.75, 3.05) is 5.32 Å². The lowest BCUT2D eigenvalue weighted by molar-refractivity contribution is -0.141. The van der Waals surface area contributed by atoms with Crippen molar-refractivity contribution in [2.24, 2.45) is 5.92 Å². The first-order chi connectivity index (χ1) is 16.9. The fraction of sp³-hybridized carbons (Fsp3) is 0.185. The quantitative estimate of drug-likeness (QED) is 0.342. The lowest BCUT2D eigenvalue weighted by atomic mass is 9.79. The maximum absolute atomic E-state index is 12.9. The van der Waals surface area contributed by atoms with Gasteiger partial charge in [0.2, 0.25) is 5.91 Å². The molecule has 1 aromatic heterocycles. The number of carboxylic acids is 1. The number of hydrogen-bond acceptors (Lipinski definition) is 4. The highest BCUT2D eigenvalue weighted by molar-refractivity contribution is 6.07. The molecule has 0 saturated carbocycles. The zero-order chi connectivity index (χ0) is 24.5. The molecule has 0 fully saturated rings. The minimum absolute atomic E-state index is 0.107. The molecule has 176 valence electrons. The predicted octanol–water partition coefficient (Wildman–Crippen LogP) is 3.84. The molecule has 2 unspecified atom stereocenters. The summed E-state index contributed by atoms with van der Waals surface area (Å²) in [6.07, 6.45) is 0.107. The maximum atomic E-state index is 12.9. The van der Waals surface area contributed by atoms with E-state index in [1.165, 1.54) is 0 Å². The third-order valence-electron chi connectivity index (χ3n) is 6.39. The molecule has 4 aromatic rings. The molecule has 0 bridgehead atoms. The lowest BCUT2D eigenvalue weighted by Crippen LogP contribution is -2.25. The summed E-state index contributed by atoms with van der Waals surface area (Å²) < 4.78 is 0. The van der Waals surface area contributed by atoms with Crippen molar-refractivity contribution < 1.29 is 19.5 Å². The molecule has 3 aromatic carbocycles. The standard InChI is InChI=1S/C27H24N4O4/c1-15(27(34)35)25-17-6-2-3-7-18(17)26(33)31-22-12-16(10-11-19(22)25)13-24(32)28-14-23-29-20-8-4-5-9-21(20)30-23/h2-12,15,25H,13-14H2,1H3,(H,28,32)(H,29,30)(H,31,33)(H,34,35). The number of carbonyl (C=O) groups excluding carboxylic acids is 2. The highest BCUT2D eigenvalue weighted by Crippen LogP contribution is 2.41. The summed E-state index contributed by atoms with van der Waals surface area (Å²) >= 11 is 0. The van der Waals surface area contributed by atoms with Crippen molar-refractivity contribution >= 4 is 34.5 Å². The Morgan fingerprint density at radius 2 is 1.83 bits per heavy atom. The molecule has 2 amide bonds. The van der Waals surface area contributed by atoms with E-state index >= 15 is 0 Å². The molecule has 1 aliphatic heterocycles. The van der Waals surface area contributed by atoms with Crippen LogP contribution in [0, 0.1) is 5.92 Å². The van der Waals surface area contributed by atoms with Gasteiger partial charge >= 0.3 is 5.97 Å². The van der Waals surface area contributed by atoms with Gasteiger partial charge in [-0.3, -0.25) is 14.4 Å². The van der Waals surface area contributed by atoms with Gasteiger partial charge in [-0.25, -0.2) is 4.98 Å². The molecule has 0 radical (unpaired) electrons. The molecule has 35 heavy (non-hydrogen) atoms. The number of amides is 2. The van der Waals surface area contributed by atoms with E-state index in [0.717, 1.165) is 11.0 Å². The van der Waals surface area contributed by atoms with Crippen molar-refractivity contribution in [3.63, 3.8) is 0 Å². The van der Waals surface area contributed by atoms with Crippen LogP contribution in [0.5, 0.6) is 0 Å². The number of aliphatic carboxylic acids is 1. The second-order valence-electron chi connectivity index (χ2n) is 8.72. The molecule has 4 N–H and O–H groups in total. The number of imidazole rings is 1. The number of nitrogens with zero attached hydrogens (tertiary/aromatic N) is 1. The van der Waals surface area contributed by atoms with E-state index in [9.17, 15) is 19.5 Å². The van der Waals surface area contributed by atoms with Gasteiger partial charge in [-0.05, 0) is 41.0 Å². The van der Waals surface area contributed by atoms with E-state index in [1.807, 2.05) is 30.3 Å². The topological polar surface area (TPSA) is 124 Å². The Balaban J connectivity index is 1.37. The summed E-state index contributed by atoms with van der Waals surface area (Å²) in [6.45, 7) is 1.91. The van der Waals surface area contributed by atoms with Crippen molar-refractivity contribution in [1.29, 1.82) is 0 Å². The zero-order valence-corrected chi connectivity index (χ0v) is 19.0. The summed E-state index contributed by atoms with van der Waals surface area (Å²) in [5.41, 5.74) is 4.81. The molecule has 2 atom stereocenters. The van der Waals surface area contributed by atoms with Crippen LogP contribution in [0.1, 0.15) is 45.7 Å². The number of aromatic nitrogens is 2. The fourth-order valence-corrected chi connectivity index (χ4v) is 4.63. The molecule has 2 heterocycles. The van der Waals surface area contributed by atoms with Crippen LogP contribution in [0.4, 0.5) is 5.69 Å². The number of benzene rings is 3. The maximum Gasteiger partial charge on any atom is 0.307 e. The number of H-pyrrole nitrogens is 1. The van der Waals surface area contributed by atoms with Crippen LogP contribution < -0.4 is 10.6 Å². The highest BCUT2D eigenvalue weighted by Gasteiger charge is 2.34. The normalized spacial score (nSPS) is 15.5. The van der Waals surface area contributed by atoms with Gasteiger partial charge in [0.25, 0.3) is 5.91 Å². The van der Waals surface area contributed by atoms with Crippen molar-refractivity contribution in [1.82, 2.24) is 15.3 Å². The first-order valence-electron chi connectivity index (χ1n) is 11.4. The van der Waals surface area contributed by atoms with E-state index in [-0.39, 0.29) is 24.8 Å². The third-order valence-corrected chi connectivity index (χ3v) is 6.39. The van der Waals surface area contributed by atoms with E-state index in [4.69, 9.17) is 0 Å². The van der Waals surface area contributed by atoms with E-state index in [2.05, 4.69) is 20.6 Å². The molecule has 0 saturated heterocycles. The number of rotatable bonds is 6. The number of para-hydroxylation sites is 2. The van der Waals surface area contributed by atoms with Crippen LogP contribution in [0.3, 0.4) is 0 Å². The minimum atomic E-state index is -0.945. The number of carboxylic acid groups (broad SMARTS) is 1. The summed E-state index contributed by atoms with van der Waals surface area (Å²) in [5.74, 6) is -2.03. The first kappa shape index (κ1) is 22.3. The number of fused-ring (bicyclic) bond motifs is 3. The number of anilines is 1. The number of carbonyl (C=O) groups is 3. The molecule has 5 rings (SSSR count). The molecular formula is C27H24N4O4. The highest BCUT2D eigenvalue weighted by atomic mass is 16.4. The van der Waals surface area contributed by atoms with Gasteiger partial charge in [0.15, 0.2) is 0 Å². The summed E-state index contributed by atoms with van der Waals surface area (Å²) in [7, 11) is 0. The Kier molecular flexibility index (Phi) is 5.78. The number of nitrogens with one attached hydrogen (secondary N) is 3. The van der Waals surface area contributed by atoms with Gasteiger partial charge in [-0.2, -0.15) is 0 Å². The number of hydrogen-bond donors (Lipinski definition) is 4. The molecule has 8 heteroatoms. The monoisotopic (exact) mass is 468 g/mol. The van der Waals surface area contributed by atoms with Gasteiger partial charge in [0, 0.05) is 17.2 Å². The first-order valence-corrected chi connectivity index (χ1v) is 11.4. The number of aromatic amines is 1. The summed E-state index contributed by atoms with van der Waals surface area (Å²) in [6, 6.07) is 20.1. The van der Waals surface area contributed by atoms with E-state index in [1.54, 1.807) is 43.3 Å². The van der Waals surface area contributed by atoms with Crippen molar-refractivity contribution in [3.05, 3.63) is 94.8 Å². The largest absolute Gasteiger partial charge is 0.481 e.